The normalized spacial score (nSPS) is 13.0. The highest BCUT2D eigenvalue weighted by Gasteiger charge is 2.09. The fraction of sp³-hybridized carbons (Fsp3) is 0.875. The van der Waals surface area contributed by atoms with Gasteiger partial charge in [-0.3, -0.25) is 0 Å². The lowest BCUT2D eigenvalue weighted by Gasteiger charge is -2.16. The molecule has 0 bridgehead atoms. The number of hydroxylamine groups is 2. The van der Waals surface area contributed by atoms with Crippen molar-refractivity contribution >= 4 is 0 Å². The van der Waals surface area contributed by atoms with E-state index in [9.17, 15) is 0 Å². The molecule has 1 N–H and O–H groups in total. The molecule has 0 aromatic rings. The summed E-state index contributed by atoms with van der Waals surface area (Å²) in [7, 11) is 0. The molecule has 1 unspecified atom stereocenters. The first-order valence-electron chi connectivity index (χ1n) is 4.12. The quantitative estimate of drug-likeness (QED) is 0.577. The SMILES string of the molecule is CC[NH+](CC)OC(C)CC#N. The van der Waals surface area contributed by atoms with E-state index in [0.717, 1.165) is 18.2 Å². The first-order valence-corrected chi connectivity index (χ1v) is 4.12. The van der Waals surface area contributed by atoms with Crippen molar-refractivity contribution in [2.75, 3.05) is 13.1 Å². The van der Waals surface area contributed by atoms with E-state index in [2.05, 4.69) is 19.9 Å². The molecule has 0 saturated carbocycles. The number of nitrogens with zero attached hydrogens (tertiary/aromatic N) is 1. The van der Waals surface area contributed by atoms with Gasteiger partial charge in [-0.05, 0) is 20.8 Å². The van der Waals surface area contributed by atoms with Crippen LogP contribution >= 0.6 is 0 Å². The van der Waals surface area contributed by atoms with Crippen LogP contribution in [-0.4, -0.2) is 19.2 Å². The smallest absolute Gasteiger partial charge is 0.127 e. The van der Waals surface area contributed by atoms with Crippen LogP contribution in [-0.2, 0) is 4.84 Å². The van der Waals surface area contributed by atoms with E-state index in [4.69, 9.17) is 10.1 Å². The molecule has 3 nitrogen and oxygen atoms in total. The largest absolute Gasteiger partial charge is 0.201 e. The molecule has 0 amide bonds. The Morgan fingerprint density at radius 1 is 1.45 bits per heavy atom. The predicted molar refractivity (Wildman–Crippen MR) is 42.8 cm³/mol. The zero-order chi connectivity index (χ0) is 8.69. The van der Waals surface area contributed by atoms with Gasteiger partial charge in [-0.25, -0.2) is 4.84 Å². The van der Waals surface area contributed by atoms with E-state index in [0.29, 0.717) is 6.42 Å². The van der Waals surface area contributed by atoms with Gasteiger partial charge in [0.25, 0.3) is 0 Å². The van der Waals surface area contributed by atoms with Crippen molar-refractivity contribution < 1.29 is 9.90 Å². The summed E-state index contributed by atoms with van der Waals surface area (Å²) < 4.78 is 0. The highest BCUT2D eigenvalue weighted by Crippen LogP contribution is 1.89. The summed E-state index contributed by atoms with van der Waals surface area (Å²) in [5.41, 5.74) is 0. The van der Waals surface area contributed by atoms with E-state index >= 15 is 0 Å². The highest BCUT2D eigenvalue weighted by molar-refractivity contribution is 4.72. The number of hydrogen-bond acceptors (Lipinski definition) is 2. The van der Waals surface area contributed by atoms with E-state index in [1.807, 2.05) is 6.92 Å². The zero-order valence-corrected chi connectivity index (χ0v) is 7.55. The zero-order valence-electron chi connectivity index (χ0n) is 7.55. The Hall–Kier alpha value is -0.590. The van der Waals surface area contributed by atoms with Gasteiger partial charge in [0.15, 0.2) is 0 Å². The van der Waals surface area contributed by atoms with Gasteiger partial charge in [0, 0.05) is 0 Å². The van der Waals surface area contributed by atoms with Gasteiger partial charge in [0.2, 0.25) is 0 Å². The number of nitrogens with one attached hydrogen (secondary N) is 1. The molecular weight excluding hydrogens is 140 g/mol. The van der Waals surface area contributed by atoms with Gasteiger partial charge in [-0.2, -0.15) is 10.3 Å². The van der Waals surface area contributed by atoms with Crippen LogP contribution in [0.2, 0.25) is 0 Å². The third kappa shape index (κ3) is 4.77. The molecule has 0 rings (SSSR count). The molecule has 0 aromatic heterocycles. The first kappa shape index (κ1) is 10.4. The van der Waals surface area contributed by atoms with E-state index in [-0.39, 0.29) is 6.10 Å². The standard InChI is InChI=1S/C8H16N2O/c1-4-10(5-2)11-8(3)6-7-9/h8H,4-6H2,1-3H3/p+1. The van der Waals surface area contributed by atoms with Crippen LogP contribution in [0.3, 0.4) is 0 Å². The summed E-state index contributed by atoms with van der Waals surface area (Å²) >= 11 is 0. The molecule has 0 saturated heterocycles. The third-order valence-corrected chi connectivity index (χ3v) is 1.54. The van der Waals surface area contributed by atoms with Gasteiger partial charge in [0.05, 0.1) is 12.5 Å². The van der Waals surface area contributed by atoms with Crippen LogP contribution in [0.5, 0.6) is 0 Å². The second-order valence-corrected chi connectivity index (χ2v) is 2.54. The minimum absolute atomic E-state index is 0.0508. The molecule has 1 atom stereocenters. The number of hydrogen-bond donors (Lipinski definition) is 1. The first-order chi connectivity index (χ1) is 5.24. The molecule has 0 radical (unpaired) electrons. The maximum absolute atomic E-state index is 8.36. The van der Waals surface area contributed by atoms with Crippen molar-refractivity contribution in [2.45, 2.75) is 33.3 Å². The Labute approximate surface area is 68.5 Å². The van der Waals surface area contributed by atoms with Crippen LogP contribution in [0.15, 0.2) is 0 Å². The second kappa shape index (κ2) is 6.14. The summed E-state index contributed by atoms with van der Waals surface area (Å²) in [4.78, 5) is 5.48. The van der Waals surface area contributed by atoms with Crippen molar-refractivity contribution in [3.05, 3.63) is 0 Å². The van der Waals surface area contributed by atoms with Crippen LogP contribution in [0.1, 0.15) is 27.2 Å². The molecule has 0 fully saturated rings. The highest BCUT2D eigenvalue weighted by atomic mass is 16.7. The lowest BCUT2D eigenvalue weighted by Crippen LogP contribution is -3.11. The molecule has 0 heterocycles. The summed E-state index contributed by atoms with van der Waals surface area (Å²) in [6, 6.07) is 2.08. The lowest BCUT2D eigenvalue weighted by molar-refractivity contribution is -1.09. The fourth-order valence-corrected chi connectivity index (χ4v) is 0.871. The Kier molecular flexibility index (Phi) is 5.81. The topological polar surface area (TPSA) is 37.5 Å². The average molecular weight is 157 g/mol. The number of nitriles is 1. The summed E-state index contributed by atoms with van der Waals surface area (Å²) in [6.07, 6.45) is 0.527. The van der Waals surface area contributed by atoms with Crippen molar-refractivity contribution in [1.29, 1.82) is 5.26 Å². The molecule has 0 aliphatic heterocycles. The number of rotatable bonds is 5. The molecule has 0 aliphatic rings. The molecule has 0 aliphatic carbocycles. The second-order valence-electron chi connectivity index (χ2n) is 2.54. The van der Waals surface area contributed by atoms with E-state index in [1.165, 1.54) is 0 Å². The van der Waals surface area contributed by atoms with Gasteiger partial charge in [0.1, 0.15) is 19.2 Å². The predicted octanol–water partition coefficient (Wildman–Crippen LogP) is 0.145. The molecular formula is C8H17N2O+. The molecule has 64 valence electrons. The van der Waals surface area contributed by atoms with Crippen molar-refractivity contribution in [1.82, 2.24) is 0 Å². The van der Waals surface area contributed by atoms with Crippen LogP contribution < -0.4 is 5.06 Å². The van der Waals surface area contributed by atoms with Crippen LogP contribution in [0.4, 0.5) is 0 Å². The van der Waals surface area contributed by atoms with Crippen LogP contribution in [0, 0.1) is 11.3 Å². The van der Waals surface area contributed by atoms with Crippen molar-refractivity contribution in [2.24, 2.45) is 0 Å². The van der Waals surface area contributed by atoms with Gasteiger partial charge in [-0.1, -0.05) is 0 Å². The summed E-state index contributed by atoms with van der Waals surface area (Å²) in [5, 5.41) is 9.45. The third-order valence-electron chi connectivity index (χ3n) is 1.54. The van der Waals surface area contributed by atoms with E-state index < -0.39 is 0 Å². The van der Waals surface area contributed by atoms with Gasteiger partial charge >= 0.3 is 0 Å². The molecule has 0 aromatic carbocycles. The van der Waals surface area contributed by atoms with Crippen molar-refractivity contribution in [3.63, 3.8) is 0 Å². The summed E-state index contributed by atoms with van der Waals surface area (Å²) in [6.45, 7) is 7.96. The molecule has 11 heavy (non-hydrogen) atoms. The average Bonchev–Trinajstić information content (AvgIpc) is 2.01. The molecule has 0 spiro atoms. The maximum atomic E-state index is 8.36. The monoisotopic (exact) mass is 157 g/mol. The Morgan fingerprint density at radius 3 is 2.36 bits per heavy atom. The fourth-order valence-electron chi connectivity index (χ4n) is 0.871. The Balaban J connectivity index is 3.55. The van der Waals surface area contributed by atoms with Gasteiger partial charge in [-0.15, -0.1) is 0 Å². The Morgan fingerprint density at radius 2 is 2.00 bits per heavy atom. The van der Waals surface area contributed by atoms with Crippen LogP contribution in [0.25, 0.3) is 0 Å². The number of quaternary nitrogens is 1. The molecule has 3 heteroatoms. The summed E-state index contributed by atoms with van der Waals surface area (Å²) in [5.74, 6) is 0. The minimum atomic E-state index is 0.0508. The lowest BCUT2D eigenvalue weighted by atomic mass is 10.3. The van der Waals surface area contributed by atoms with Crippen molar-refractivity contribution in [3.8, 4) is 6.07 Å². The Bertz CT molecular complexity index is 127. The van der Waals surface area contributed by atoms with Gasteiger partial charge < -0.3 is 0 Å². The minimum Gasteiger partial charge on any atom is -0.201 e. The van der Waals surface area contributed by atoms with E-state index in [1.54, 1.807) is 0 Å². The maximum Gasteiger partial charge on any atom is 0.127 e.